The zero-order valence-electron chi connectivity index (χ0n) is 12.3. The number of hydrogen-bond acceptors (Lipinski definition) is 5. The van der Waals surface area contributed by atoms with E-state index in [2.05, 4.69) is 29.5 Å². The minimum Gasteiger partial charge on any atom is -0.373 e. The van der Waals surface area contributed by atoms with Crippen LogP contribution in [-0.4, -0.2) is 17.0 Å². The Morgan fingerprint density at radius 1 is 1.19 bits per heavy atom. The molecule has 1 aromatic heterocycles. The molecule has 0 atom stereocenters. The Morgan fingerprint density at radius 3 is 2.52 bits per heavy atom. The minimum atomic E-state index is -0.438. The molecule has 2 aromatic rings. The quantitative estimate of drug-likeness (QED) is 0.643. The van der Waals surface area contributed by atoms with E-state index in [0.29, 0.717) is 11.7 Å². The van der Waals surface area contributed by atoms with Crippen LogP contribution in [0.3, 0.4) is 0 Å². The molecule has 0 amide bonds. The van der Waals surface area contributed by atoms with Gasteiger partial charge in [-0.3, -0.25) is 10.1 Å². The van der Waals surface area contributed by atoms with E-state index in [9.17, 15) is 10.1 Å². The van der Waals surface area contributed by atoms with E-state index in [-0.39, 0.29) is 11.5 Å². The van der Waals surface area contributed by atoms with Gasteiger partial charge in [0.1, 0.15) is 5.82 Å². The summed E-state index contributed by atoms with van der Waals surface area (Å²) < 4.78 is 0. The predicted molar refractivity (Wildman–Crippen MR) is 84.3 cm³/mol. The summed E-state index contributed by atoms with van der Waals surface area (Å²) in [6.45, 7) is 4.15. The van der Waals surface area contributed by atoms with E-state index in [1.807, 2.05) is 24.3 Å². The summed E-state index contributed by atoms with van der Waals surface area (Å²) in [7, 11) is 1.72. The number of benzene rings is 1. The Balaban J connectivity index is 2.45. The van der Waals surface area contributed by atoms with E-state index in [4.69, 9.17) is 0 Å². The maximum atomic E-state index is 11.1. The molecule has 0 aliphatic rings. The van der Waals surface area contributed by atoms with Gasteiger partial charge < -0.3 is 10.6 Å². The van der Waals surface area contributed by atoms with E-state index in [1.165, 1.54) is 6.07 Å². The first-order valence-corrected chi connectivity index (χ1v) is 6.72. The summed E-state index contributed by atoms with van der Waals surface area (Å²) in [5.41, 5.74) is 1.87. The van der Waals surface area contributed by atoms with E-state index in [1.54, 1.807) is 13.1 Å². The molecule has 21 heavy (non-hydrogen) atoms. The van der Waals surface area contributed by atoms with Crippen molar-refractivity contribution in [3.8, 4) is 0 Å². The fourth-order valence-corrected chi connectivity index (χ4v) is 2.07. The highest BCUT2D eigenvalue weighted by molar-refractivity contribution is 5.69. The summed E-state index contributed by atoms with van der Waals surface area (Å²) in [5, 5.41) is 17.1. The van der Waals surface area contributed by atoms with Gasteiger partial charge in [-0.25, -0.2) is 4.98 Å². The number of aromatic nitrogens is 1. The molecular weight excluding hydrogens is 268 g/mol. The van der Waals surface area contributed by atoms with Gasteiger partial charge in [0, 0.05) is 18.8 Å². The summed E-state index contributed by atoms with van der Waals surface area (Å²) in [6.07, 6.45) is 0. The molecule has 1 aromatic carbocycles. The van der Waals surface area contributed by atoms with Crippen LogP contribution >= 0.6 is 0 Å². The number of rotatable bonds is 5. The molecule has 0 fully saturated rings. The van der Waals surface area contributed by atoms with Crippen LogP contribution in [0.1, 0.15) is 25.3 Å². The number of hydrogen-bond donors (Lipinski definition) is 2. The molecular formula is C15H18N4O2. The minimum absolute atomic E-state index is 0.0486. The van der Waals surface area contributed by atoms with Gasteiger partial charge in [-0.15, -0.1) is 0 Å². The summed E-state index contributed by atoms with van der Waals surface area (Å²) in [5.74, 6) is 1.12. The second kappa shape index (κ2) is 6.21. The average Bonchev–Trinajstić information content (AvgIpc) is 2.47. The molecule has 2 rings (SSSR count). The zero-order chi connectivity index (χ0) is 15.4. The molecule has 2 N–H and O–H groups in total. The molecule has 0 unspecified atom stereocenters. The third-order valence-corrected chi connectivity index (χ3v) is 3.16. The number of nitrogens with one attached hydrogen (secondary N) is 2. The largest absolute Gasteiger partial charge is 0.373 e. The van der Waals surface area contributed by atoms with Crippen LogP contribution in [0.15, 0.2) is 36.4 Å². The average molecular weight is 286 g/mol. The first-order chi connectivity index (χ1) is 10.0. The van der Waals surface area contributed by atoms with Crippen LogP contribution < -0.4 is 10.6 Å². The topological polar surface area (TPSA) is 80.1 Å². The van der Waals surface area contributed by atoms with E-state index < -0.39 is 4.92 Å². The second-order valence-electron chi connectivity index (χ2n) is 4.94. The van der Waals surface area contributed by atoms with Crippen LogP contribution in [0.5, 0.6) is 0 Å². The molecule has 0 saturated carbocycles. The van der Waals surface area contributed by atoms with Crippen molar-refractivity contribution in [1.82, 2.24) is 4.98 Å². The molecule has 6 nitrogen and oxygen atoms in total. The molecule has 0 saturated heterocycles. The molecule has 6 heteroatoms. The Hall–Kier alpha value is -2.63. The lowest BCUT2D eigenvalue weighted by Gasteiger charge is -2.14. The highest BCUT2D eigenvalue weighted by Crippen LogP contribution is 2.31. The number of nitro groups is 1. The maximum Gasteiger partial charge on any atom is 0.311 e. The van der Waals surface area contributed by atoms with Crippen molar-refractivity contribution >= 4 is 23.0 Å². The van der Waals surface area contributed by atoms with Gasteiger partial charge in [0.25, 0.3) is 0 Å². The molecule has 1 heterocycles. The second-order valence-corrected chi connectivity index (χ2v) is 4.94. The van der Waals surface area contributed by atoms with Gasteiger partial charge >= 0.3 is 5.69 Å². The summed E-state index contributed by atoms with van der Waals surface area (Å²) in [4.78, 5) is 14.9. The van der Waals surface area contributed by atoms with Gasteiger partial charge in [0.05, 0.1) is 4.92 Å². The molecule has 110 valence electrons. The number of anilines is 3. The van der Waals surface area contributed by atoms with Gasteiger partial charge in [-0.1, -0.05) is 32.0 Å². The molecule has 0 radical (unpaired) electrons. The first-order valence-electron chi connectivity index (χ1n) is 6.72. The lowest BCUT2D eigenvalue weighted by molar-refractivity contribution is -0.384. The third-order valence-electron chi connectivity index (χ3n) is 3.16. The smallest absolute Gasteiger partial charge is 0.311 e. The van der Waals surface area contributed by atoms with Crippen molar-refractivity contribution in [1.29, 1.82) is 0 Å². The molecule has 0 aliphatic carbocycles. The van der Waals surface area contributed by atoms with E-state index in [0.717, 1.165) is 11.3 Å². The van der Waals surface area contributed by atoms with Gasteiger partial charge in [-0.05, 0) is 23.6 Å². The maximum absolute atomic E-state index is 11.1. The van der Waals surface area contributed by atoms with Crippen LogP contribution in [0.25, 0.3) is 0 Å². The fourth-order valence-electron chi connectivity index (χ4n) is 2.07. The van der Waals surface area contributed by atoms with Crippen molar-refractivity contribution in [3.63, 3.8) is 0 Å². The SMILES string of the molecule is CNc1ccc([N+](=O)[O-])c(Nc2ccccc2C(C)C)n1. The van der Waals surface area contributed by atoms with Gasteiger partial charge in [0.2, 0.25) is 5.82 Å². The van der Waals surface area contributed by atoms with Crippen molar-refractivity contribution in [2.24, 2.45) is 0 Å². The first kappa shape index (κ1) is 14.8. The van der Waals surface area contributed by atoms with Gasteiger partial charge in [0.15, 0.2) is 0 Å². The van der Waals surface area contributed by atoms with Crippen LogP contribution in [0.4, 0.5) is 23.0 Å². The monoisotopic (exact) mass is 286 g/mol. The third kappa shape index (κ3) is 3.28. The summed E-state index contributed by atoms with van der Waals surface area (Å²) in [6, 6.07) is 10.8. The Labute approximate surface area is 123 Å². The standard InChI is InChI=1S/C15H18N4O2/c1-10(2)11-6-4-5-7-12(11)17-15-13(19(20)21)8-9-14(16-3)18-15/h4-10H,1-3H3,(H2,16,17,18). The van der Waals surface area contributed by atoms with Crippen LogP contribution in [-0.2, 0) is 0 Å². The highest BCUT2D eigenvalue weighted by atomic mass is 16.6. The molecule has 0 spiro atoms. The Bertz CT molecular complexity index is 656. The number of para-hydroxylation sites is 1. The molecule has 0 aliphatic heterocycles. The summed E-state index contributed by atoms with van der Waals surface area (Å²) >= 11 is 0. The lowest BCUT2D eigenvalue weighted by atomic mass is 10.0. The van der Waals surface area contributed by atoms with Crippen LogP contribution in [0, 0.1) is 10.1 Å². The Morgan fingerprint density at radius 2 is 1.90 bits per heavy atom. The van der Waals surface area contributed by atoms with E-state index >= 15 is 0 Å². The van der Waals surface area contributed by atoms with Crippen molar-refractivity contribution in [2.75, 3.05) is 17.7 Å². The number of pyridine rings is 1. The fraction of sp³-hybridized carbons (Fsp3) is 0.267. The van der Waals surface area contributed by atoms with Crippen molar-refractivity contribution in [3.05, 3.63) is 52.1 Å². The zero-order valence-corrected chi connectivity index (χ0v) is 12.3. The highest BCUT2D eigenvalue weighted by Gasteiger charge is 2.17. The predicted octanol–water partition coefficient (Wildman–Crippen LogP) is 3.90. The molecule has 0 bridgehead atoms. The normalized spacial score (nSPS) is 10.5. The number of nitrogens with zero attached hydrogens (tertiary/aromatic N) is 2. The van der Waals surface area contributed by atoms with Crippen molar-refractivity contribution in [2.45, 2.75) is 19.8 Å². The lowest BCUT2D eigenvalue weighted by Crippen LogP contribution is -2.04. The van der Waals surface area contributed by atoms with Gasteiger partial charge in [-0.2, -0.15) is 0 Å². The van der Waals surface area contributed by atoms with Crippen molar-refractivity contribution < 1.29 is 4.92 Å². The Kier molecular flexibility index (Phi) is 4.37. The van der Waals surface area contributed by atoms with Crippen LogP contribution in [0.2, 0.25) is 0 Å².